The summed E-state index contributed by atoms with van der Waals surface area (Å²) in [5.74, 6) is 0.431. The van der Waals surface area contributed by atoms with Crippen molar-refractivity contribution in [1.82, 2.24) is 5.32 Å². The molecule has 1 aliphatic carbocycles. The molecule has 1 amide bonds. The molecule has 2 N–H and O–H groups in total. The topological polar surface area (TPSA) is 50.4 Å². The van der Waals surface area contributed by atoms with Gasteiger partial charge < -0.3 is 15.4 Å². The molecule has 0 fully saturated rings. The maximum Gasteiger partial charge on any atom is 0.246 e. The van der Waals surface area contributed by atoms with Crippen molar-refractivity contribution < 1.29 is 13.9 Å². The number of rotatable bonds is 4. The highest BCUT2D eigenvalue weighted by Gasteiger charge is 2.33. The molecular formula is C23H28ClFN2O2. The summed E-state index contributed by atoms with van der Waals surface area (Å²) < 4.78 is 20.3. The highest BCUT2D eigenvalue weighted by molar-refractivity contribution is 5.96. The molecule has 2 aromatic rings. The number of nitrogens with one attached hydrogen (secondary N) is 2. The van der Waals surface area contributed by atoms with Crippen molar-refractivity contribution in [1.29, 1.82) is 0 Å². The molecule has 0 unspecified atom stereocenters. The van der Waals surface area contributed by atoms with Crippen molar-refractivity contribution in [2.24, 2.45) is 0 Å². The number of anilines is 1. The summed E-state index contributed by atoms with van der Waals surface area (Å²) in [6, 6.07) is 8.78. The first-order chi connectivity index (χ1) is 13.4. The monoisotopic (exact) mass is 418 g/mol. The van der Waals surface area contributed by atoms with E-state index < -0.39 is 6.04 Å². The number of hydrogen-bond donors (Lipinski definition) is 2. The molecule has 1 aliphatic heterocycles. The molecule has 0 saturated heterocycles. The summed E-state index contributed by atoms with van der Waals surface area (Å²) in [5, 5.41) is 6.20. The van der Waals surface area contributed by atoms with Gasteiger partial charge in [-0.25, -0.2) is 4.39 Å². The quantitative estimate of drug-likeness (QED) is 0.756. The van der Waals surface area contributed by atoms with Crippen molar-refractivity contribution in [2.45, 2.75) is 51.5 Å². The van der Waals surface area contributed by atoms with Gasteiger partial charge >= 0.3 is 0 Å². The molecule has 0 saturated carbocycles. The van der Waals surface area contributed by atoms with Crippen LogP contribution in [0.2, 0.25) is 0 Å². The number of carbonyl (C=O) groups excluding carboxylic acids is 1. The maximum atomic E-state index is 14.7. The van der Waals surface area contributed by atoms with Gasteiger partial charge in [-0.2, -0.15) is 0 Å². The third-order valence-corrected chi connectivity index (χ3v) is 5.88. The lowest BCUT2D eigenvalue weighted by Crippen LogP contribution is -2.38. The second kappa shape index (κ2) is 8.33. The van der Waals surface area contributed by atoms with E-state index in [9.17, 15) is 9.18 Å². The van der Waals surface area contributed by atoms with Crippen LogP contribution in [0.25, 0.3) is 0 Å². The fourth-order valence-corrected chi connectivity index (χ4v) is 4.51. The lowest BCUT2D eigenvalue weighted by atomic mass is 9.86. The van der Waals surface area contributed by atoms with Crippen LogP contribution >= 0.6 is 12.4 Å². The van der Waals surface area contributed by atoms with Gasteiger partial charge in [0.2, 0.25) is 5.91 Å². The van der Waals surface area contributed by atoms with Crippen LogP contribution < -0.4 is 15.4 Å². The Morgan fingerprint density at radius 1 is 1.24 bits per heavy atom. The second-order valence-electron chi connectivity index (χ2n) is 8.30. The molecule has 0 aromatic heterocycles. The van der Waals surface area contributed by atoms with Crippen LogP contribution in [0.5, 0.6) is 5.75 Å². The molecule has 156 valence electrons. The van der Waals surface area contributed by atoms with E-state index in [4.69, 9.17) is 4.74 Å². The molecule has 0 spiro atoms. The molecule has 29 heavy (non-hydrogen) atoms. The van der Waals surface area contributed by atoms with Gasteiger partial charge in [0.05, 0.1) is 6.61 Å². The molecular weight excluding hydrogens is 391 g/mol. The van der Waals surface area contributed by atoms with E-state index in [1.807, 2.05) is 31.2 Å². The summed E-state index contributed by atoms with van der Waals surface area (Å²) in [5.41, 5.74) is 4.23. The number of carbonyl (C=O) groups is 1. The van der Waals surface area contributed by atoms with E-state index in [-0.39, 0.29) is 29.5 Å². The number of fused-ring (bicyclic) bond motifs is 2. The van der Waals surface area contributed by atoms with E-state index in [1.165, 1.54) is 6.07 Å². The predicted molar refractivity (Wildman–Crippen MR) is 116 cm³/mol. The number of halogens is 2. The Hall–Kier alpha value is -2.11. The molecule has 4 nitrogen and oxygen atoms in total. The van der Waals surface area contributed by atoms with Crippen molar-refractivity contribution in [3.8, 4) is 5.75 Å². The standard InChI is InChI=1S/C23H27FN2O2.ClH/c1-4-28-17-5-6-18-14(12-17)8-10-25-21(18)22(27)26-16-11-15-7-9-23(2,3)20(15)19(24)13-16;/h5-6,11-13,21,25H,4,7-10H2,1-3H3,(H,26,27);1H/t21-;/m1./s1. The lowest BCUT2D eigenvalue weighted by Gasteiger charge is -2.27. The Labute approximate surface area is 177 Å². The first-order valence-corrected chi connectivity index (χ1v) is 10.0. The van der Waals surface area contributed by atoms with E-state index >= 15 is 0 Å². The average molecular weight is 419 g/mol. The minimum absolute atomic E-state index is 0. The number of benzene rings is 2. The second-order valence-corrected chi connectivity index (χ2v) is 8.30. The Balaban J connectivity index is 0.00000240. The van der Waals surface area contributed by atoms with Gasteiger partial charge in [-0.05, 0) is 78.1 Å². The molecule has 0 radical (unpaired) electrons. The zero-order chi connectivity index (χ0) is 19.9. The van der Waals surface area contributed by atoms with E-state index in [0.717, 1.165) is 47.3 Å². The Kier molecular flexibility index (Phi) is 6.20. The van der Waals surface area contributed by atoms with Gasteiger partial charge in [0.1, 0.15) is 17.6 Å². The van der Waals surface area contributed by atoms with Crippen molar-refractivity contribution in [3.63, 3.8) is 0 Å². The normalized spacial score (nSPS) is 19.0. The summed E-state index contributed by atoms with van der Waals surface area (Å²) in [6.07, 6.45) is 2.62. The van der Waals surface area contributed by atoms with Crippen LogP contribution in [0, 0.1) is 5.82 Å². The third kappa shape index (κ3) is 4.12. The molecule has 2 aliphatic rings. The molecule has 0 bridgehead atoms. The average Bonchev–Trinajstić information content (AvgIpc) is 2.96. The highest BCUT2D eigenvalue weighted by atomic mass is 35.5. The van der Waals surface area contributed by atoms with E-state index in [0.29, 0.717) is 18.8 Å². The van der Waals surface area contributed by atoms with Crippen LogP contribution in [0.3, 0.4) is 0 Å². The smallest absolute Gasteiger partial charge is 0.246 e. The van der Waals surface area contributed by atoms with Gasteiger partial charge in [-0.3, -0.25) is 4.79 Å². The molecule has 1 atom stereocenters. The molecule has 6 heteroatoms. The van der Waals surface area contributed by atoms with Crippen LogP contribution in [0.4, 0.5) is 10.1 Å². The zero-order valence-electron chi connectivity index (χ0n) is 17.1. The number of aryl methyl sites for hydroxylation is 1. The Morgan fingerprint density at radius 3 is 2.79 bits per heavy atom. The lowest BCUT2D eigenvalue weighted by molar-refractivity contribution is -0.118. The van der Waals surface area contributed by atoms with E-state index in [1.54, 1.807) is 0 Å². The third-order valence-electron chi connectivity index (χ3n) is 5.88. The molecule has 4 rings (SSSR count). The van der Waals surface area contributed by atoms with Crippen molar-refractivity contribution in [3.05, 3.63) is 58.4 Å². The number of hydrogen-bond acceptors (Lipinski definition) is 3. The van der Waals surface area contributed by atoms with Gasteiger partial charge in [-0.1, -0.05) is 19.9 Å². The Morgan fingerprint density at radius 2 is 2.03 bits per heavy atom. The van der Waals surface area contributed by atoms with Gasteiger partial charge in [0.25, 0.3) is 0 Å². The minimum atomic E-state index is -0.452. The zero-order valence-corrected chi connectivity index (χ0v) is 17.9. The van der Waals surface area contributed by atoms with Crippen LogP contribution in [-0.2, 0) is 23.1 Å². The summed E-state index contributed by atoms with van der Waals surface area (Å²) in [4.78, 5) is 13.0. The van der Waals surface area contributed by atoms with Crippen LogP contribution in [-0.4, -0.2) is 19.1 Å². The van der Waals surface area contributed by atoms with Gasteiger partial charge in [0.15, 0.2) is 0 Å². The highest BCUT2D eigenvalue weighted by Crippen LogP contribution is 2.41. The van der Waals surface area contributed by atoms with Crippen molar-refractivity contribution in [2.75, 3.05) is 18.5 Å². The van der Waals surface area contributed by atoms with Crippen molar-refractivity contribution >= 4 is 24.0 Å². The number of ether oxygens (including phenoxy) is 1. The SMILES string of the molecule is CCOc1ccc2c(c1)CCN[C@H]2C(=O)Nc1cc(F)c2c(c1)CCC2(C)C.Cl. The van der Waals surface area contributed by atoms with Gasteiger partial charge in [0, 0.05) is 12.2 Å². The van der Waals surface area contributed by atoms with E-state index in [2.05, 4.69) is 24.5 Å². The summed E-state index contributed by atoms with van der Waals surface area (Å²) >= 11 is 0. The first kappa shape index (κ1) is 21.6. The largest absolute Gasteiger partial charge is 0.494 e. The number of amides is 1. The first-order valence-electron chi connectivity index (χ1n) is 10.0. The maximum absolute atomic E-state index is 14.7. The fourth-order valence-electron chi connectivity index (χ4n) is 4.51. The molecule has 2 aromatic carbocycles. The predicted octanol–water partition coefficient (Wildman–Crippen LogP) is 4.70. The summed E-state index contributed by atoms with van der Waals surface area (Å²) in [6.45, 7) is 7.42. The van der Waals surface area contributed by atoms with Crippen LogP contribution in [0.1, 0.15) is 55.5 Å². The van der Waals surface area contributed by atoms with Gasteiger partial charge in [-0.15, -0.1) is 12.4 Å². The Bertz CT molecular complexity index is 929. The fraction of sp³-hybridized carbons (Fsp3) is 0.435. The van der Waals surface area contributed by atoms with Crippen LogP contribution in [0.15, 0.2) is 30.3 Å². The molecule has 1 heterocycles. The minimum Gasteiger partial charge on any atom is -0.494 e. The summed E-state index contributed by atoms with van der Waals surface area (Å²) in [7, 11) is 0.